The Morgan fingerprint density at radius 1 is 1.27 bits per heavy atom. The summed E-state index contributed by atoms with van der Waals surface area (Å²) in [7, 11) is 0. The van der Waals surface area contributed by atoms with Gasteiger partial charge >= 0.3 is 0 Å². The smallest absolute Gasteiger partial charge is 0.0302 e. The number of nitrogens with one attached hydrogen (secondary N) is 1. The molecule has 1 aromatic rings. The standard InChI is InChI=1S/C12H19NS.ClH/c1-10-7-8-12(14-10)9-13-11-5-3-2-4-6-11;/h7-8,11,13H,2-6,9H2,1H3;1H. The molecule has 1 fully saturated rings. The summed E-state index contributed by atoms with van der Waals surface area (Å²) in [5.41, 5.74) is 0. The van der Waals surface area contributed by atoms with Crippen molar-refractivity contribution in [3.63, 3.8) is 0 Å². The summed E-state index contributed by atoms with van der Waals surface area (Å²) in [6.07, 6.45) is 7.03. The highest BCUT2D eigenvalue weighted by molar-refractivity contribution is 7.11. The van der Waals surface area contributed by atoms with Crippen molar-refractivity contribution in [3.8, 4) is 0 Å². The van der Waals surface area contributed by atoms with Gasteiger partial charge in [-0.25, -0.2) is 0 Å². The lowest BCUT2D eigenvalue weighted by molar-refractivity contribution is 0.373. The minimum absolute atomic E-state index is 0. The summed E-state index contributed by atoms with van der Waals surface area (Å²) >= 11 is 1.91. The molecule has 0 radical (unpaired) electrons. The van der Waals surface area contributed by atoms with Crippen LogP contribution in [0.15, 0.2) is 12.1 Å². The third-order valence-corrected chi connectivity index (χ3v) is 3.97. The Bertz CT molecular complexity index is 279. The third kappa shape index (κ3) is 4.13. The molecule has 0 atom stereocenters. The minimum atomic E-state index is 0. The first kappa shape index (κ1) is 13.0. The van der Waals surface area contributed by atoms with Crippen LogP contribution in [0, 0.1) is 6.92 Å². The van der Waals surface area contributed by atoms with Gasteiger partial charge in [0.2, 0.25) is 0 Å². The number of aryl methyl sites for hydroxylation is 1. The highest BCUT2D eigenvalue weighted by Crippen LogP contribution is 2.19. The first-order valence-electron chi connectivity index (χ1n) is 5.63. The molecule has 0 aromatic carbocycles. The SMILES string of the molecule is Cc1ccc(CNC2CCCCC2)s1.Cl. The van der Waals surface area contributed by atoms with E-state index in [0.29, 0.717) is 0 Å². The molecule has 2 rings (SSSR count). The molecule has 0 aliphatic heterocycles. The van der Waals surface area contributed by atoms with Gasteiger partial charge in [0.05, 0.1) is 0 Å². The topological polar surface area (TPSA) is 12.0 Å². The Kier molecular flexibility index (Phi) is 5.65. The summed E-state index contributed by atoms with van der Waals surface area (Å²) in [5.74, 6) is 0. The number of thiophene rings is 1. The van der Waals surface area contributed by atoms with Crippen LogP contribution in [0.3, 0.4) is 0 Å². The van der Waals surface area contributed by atoms with Gasteiger partial charge in [-0.1, -0.05) is 19.3 Å². The highest BCUT2D eigenvalue weighted by atomic mass is 35.5. The maximum Gasteiger partial charge on any atom is 0.0302 e. The van der Waals surface area contributed by atoms with Crippen molar-refractivity contribution < 1.29 is 0 Å². The second-order valence-electron chi connectivity index (χ2n) is 4.23. The van der Waals surface area contributed by atoms with E-state index >= 15 is 0 Å². The zero-order chi connectivity index (χ0) is 9.80. The van der Waals surface area contributed by atoms with E-state index in [2.05, 4.69) is 24.4 Å². The van der Waals surface area contributed by atoms with Crippen molar-refractivity contribution in [2.45, 2.75) is 51.6 Å². The van der Waals surface area contributed by atoms with E-state index < -0.39 is 0 Å². The fraction of sp³-hybridized carbons (Fsp3) is 0.667. The average Bonchev–Trinajstić information content (AvgIpc) is 2.63. The van der Waals surface area contributed by atoms with Crippen LogP contribution in [0.4, 0.5) is 0 Å². The molecule has 0 spiro atoms. The van der Waals surface area contributed by atoms with Crippen LogP contribution in [-0.2, 0) is 6.54 Å². The van der Waals surface area contributed by atoms with Gasteiger partial charge in [0.15, 0.2) is 0 Å². The first-order chi connectivity index (χ1) is 6.84. The molecule has 1 N–H and O–H groups in total. The van der Waals surface area contributed by atoms with Crippen molar-refractivity contribution in [1.29, 1.82) is 0 Å². The molecular formula is C12H20ClNS. The molecule has 1 nitrogen and oxygen atoms in total. The lowest BCUT2D eigenvalue weighted by Gasteiger charge is -2.22. The lowest BCUT2D eigenvalue weighted by Crippen LogP contribution is -2.30. The quantitative estimate of drug-likeness (QED) is 0.852. The fourth-order valence-corrected chi connectivity index (χ4v) is 2.97. The van der Waals surface area contributed by atoms with Crippen molar-refractivity contribution >= 4 is 23.7 Å². The van der Waals surface area contributed by atoms with Crippen LogP contribution in [-0.4, -0.2) is 6.04 Å². The second kappa shape index (κ2) is 6.51. The van der Waals surface area contributed by atoms with Crippen molar-refractivity contribution in [2.24, 2.45) is 0 Å². The maximum atomic E-state index is 3.66. The van der Waals surface area contributed by atoms with Gasteiger partial charge in [-0.15, -0.1) is 23.7 Å². The van der Waals surface area contributed by atoms with Gasteiger partial charge in [-0.05, 0) is 31.9 Å². The molecule has 15 heavy (non-hydrogen) atoms. The van der Waals surface area contributed by atoms with Gasteiger partial charge in [0, 0.05) is 22.3 Å². The first-order valence-corrected chi connectivity index (χ1v) is 6.45. The normalized spacial score (nSPS) is 17.4. The molecule has 1 aromatic heterocycles. The van der Waals surface area contributed by atoms with Crippen LogP contribution >= 0.6 is 23.7 Å². The number of hydrogen-bond acceptors (Lipinski definition) is 2. The van der Waals surface area contributed by atoms with E-state index in [1.165, 1.54) is 41.9 Å². The molecular weight excluding hydrogens is 226 g/mol. The van der Waals surface area contributed by atoms with Crippen LogP contribution < -0.4 is 5.32 Å². The summed E-state index contributed by atoms with van der Waals surface area (Å²) in [4.78, 5) is 2.90. The fourth-order valence-electron chi connectivity index (χ4n) is 2.13. The van der Waals surface area contributed by atoms with Gasteiger partial charge < -0.3 is 5.32 Å². The molecule has 0 amide bonds. The summed E-state index contributed by atoms with van der Waals surface area (Å²) in [5, 5.41) is 3.66. The van der Waals surface area contributed by atoms with Gasteiger partial charge in [-0.2, -0.15) is 0 Å². The van der Waals surface area contributed by atoms with Crippen molar-refractivity contribution in [3.05, 3.63) is 21.9 Å². The maximum absolute atomic E-state index is 3.66. The zero-order valence-corrected chi connectivity index (χ0v) is 10.9. The van der Waals surface area contributed by atoms with E-state index in [0.717, 1.165) is 12.6 Å². The van der Waals surface area contributed by atoms with Crippen LogP contribution in [0.1, 0.15) is 41.9 Å². The van der Waals surface area contributed by atoms with E-state index in [4.69, 9.17) is 0 Å². The van der Waals surface area contributed by atoms with Gasteiger partial charge in [0.1, 0.15) is 0 Å². The van der Waals surface area contributed by atoms with E-state index in [9.17, 15) is 0 Å². The Labute approximate surface area is 103 Å². The van der Waals surface area contributed by atoms with Crippen molar-refractivity contribution in [1.82, 2.24) is 5.32 Å². The molecule has 1 aliphatic carbocycles. The van der Waals surface area contributed by atoms with E-state index in [1.807, 2.05) is 11.3 Å². The van der Waals surface area contributed by atoms with E-state index in [-0.39, 0.29) is 12.4 Å². The monoisotopic (exact) mass is 245 g/mol. The average molecular weight is 246 g/mol. The molecule has 86 valence electrons. The van der Waals surface area contributed by atoms with Crippen LogP contribution in [0.2, 0.25) is 0 Å². The molecule has 1 saturated carbocycles. The zero-order valence-electron chi connectivity index (χ0n) is 9.29. The molecule has 0 unspecified atom stereocenters. The number of rotatable bonds is 3. The second-order valence-corrected chi connectivity index (χ2v) is 5.60. The largest absolute Gasteiger partial charge is 0.309 e. The predicted molar refractivity (Wildman–Crippen MR) is 70.0 cm³/mol. The van der Waals surface area contributed by atoms with E-state index in [1.54, 1.807) is 0 Å². The third-order valence-electron chi connectivity index (χ3n) is 2.97. The Hall–Kier alpha value is -0.0500. The van der Waals surface area contributed by atoms with Crippen LogP contribution in [0.25, 0.3) is 0 Å². The predicted octanol–water partition coefficient (Wildman–Crippen LogP) is 3.90. The van der Waals surface area contributed by atoms with Gasteiger partial charge in [-0.3, -0.25) is 0 Å². The lowest BCUT2D eigenvalue weighted by atomic mass is 9.95. The Morgan fingerprint density at radius 2 is 2.00 bits per heavy atom. The molecule has 1 heterocycles. The van der Waals surface area contributed by atoms with Crippen molar-refractivity contribution in [2.75, 3.05) is 0 Å². The summed E-state index contributed by atoms with van der Waals surface area (Å²) in [6, 6.07) is 5.24. The molecule has 1 aliphatic rings. The Morgan fingerprint density at radius 3 is 2.60 bits per heavy atom. The van der Waals surface area contributed by atoms with Gasteiger partial charge in [0.25, 0.3) is 0 Å². The molecule has 0 bridgehead atoms. The minimum Gasteiger partial charge on any atom is -0.309 e. The molecule has 3 heteroatoms. The van der Waals surface area contributed by atoms with Crippen LogP contribution in [0.5, 0.6) is 0 Å². The molecule has 0 saturated heterocycles. The summed E-state index contributed by atoms with van der Waals surface area (Å²) in [6.45, 7) is 3.25. The number of hydrogen-bond donors (Lipinski definition) is 1. The Balaban J connectivity index is 0.00000112. The summed E-state index contributed by atoms with van der Waals surface area (Å²) < 4.78 is 0. The number of halogens is 1. The highest BCUT2D eigenvalue weighted by Gasteiger charge is 2.12.